The molecule has 0 atom stereocenters. The van der Waals surface area contributed by atoms with Crippen LogP contribution in [0.25, 0.3) is 6.08 Å². The van der Waals surface area contributed by atoms with Crippen LogP contribution in [0.2, 0.25) is 0 Å². The van der Waals surface area contributed by atoms with Gasteiger partial charge in [0.2, 0.25) is 5.24 Å². The second-order valence-electron chi connectivity index (χ2n) is 8.49. The second kappa shape index (κ2) is 9.74. The molecule has 0 radical (unpaired) electrons. The second-order valence-corrected chi connectivity index (χ2v) is 8.86. The number of allylic oxidation sites excluding steroid dienone is 1. The van der Waals surface area contributed by atoms with E-state index in [-0.39, 0.29) is 0 Å². The number of carbonyl (C=O) groups is 1. The van der Waals surface area contributed by atoms with Crippen molar-refractivity contribution >= 4 is 22.9 Å². The van der Waals surface area contributed by atoms with E-state index in [1.807, 2.05) is 0 Å². The monoisotopic (exact) mass is 372 g/mol. The van der Waals surface area contributed by atoms with Gasteiger partial charge in [-0.25, -0.2) is 0 Å². The van der Waals surface area contributed by atoms with Crippen molar-refractivity contribution in [2.24, 2.45) is 17.8 Å². The number of hydrogen-bond acceptors (Lipinski definition) is 1. The van der Waals surface area contributed by atoms with Crippen LogP contribution in [0, 0.1) is 17.8 Å². The van der Waals surface area contributed by atoms with E-state index in [0.29, 0.717) is 0 Å². The molecule has 0 bridgehead atoms. The fourth-order valence-corrected chi connectivity index (χ4v) is 5.38. The number of hydrogen-bond donors (Lipinski definition) is 0. The van der Waals surface area contributed by atoms with Gasteiger partial charge in [0.25, 0.3) is 0 Å². The first-order chi connectivity index (χ1) is 12.7. The molecule has 2 heteroatoms. The Morgan fingerprint density at radius 3 is 2.08 bits per heavy atom. The minimum Gasteiger partial charge on any atom is -0.276 e. The molecular formula is C24H33ClO. The van der Waals surface area contributed by atoms with Crippen LogP contribution in [0.15, 0.2) is 30.3 Å². The van der Waals surface area contributed by atoms with Crippen LogP contribution >= 0.6 is 11.6 Å². The maximum Gasteiger partial charge on any atom is 0.245 e. The molecule has 0 unspecified atom stereocenters. The zero-order valence-electron chi connectivity index (χ0n) is 16.1. The highest BCUT2D eigenvalue weighted by atomic mass is 35.5. The van der Waals surface area contributed by atoms with Gasteiger partial charge in [-0.05, 0) is 91.0 Å². The first-order valence-electron chi connectivity index (χ1n) is 10.6. The summed E-state index contributed by atoms with van der Waals surface area (Å²) in [5, 5.41) is -0.420. The van der Waals surface area contributed by atoms with Gasteiger partial charge in [0.1, 0.15) is 0 Å². The summed E-state index contributed by atoms with van der Waals surface area (Å²) in [5.74, 6) is 3.72. The predicted molar refractivity (Wildman–Crippen MR) is 111 cm³/mol. The third kappa shape index (κ3) is 5.46. The average Bonchev–Trinajstić information content (AvgIpc) is 2.68. The number of benzene rings is 1. The fraction of sp³-hybridized carbons (Fsp3) is 0.625. The molecular weight excluding hydrogens is 340 g/mol. The Hall–Kier alpha value is -1.08. The van der Waals surface area contributed by atoms with Crippen molar-refractivity contribution in [3.05, 3.63) is 41.5 Å². The normalized spacial score (nSPS) is 29.8. The van der Waals surface area contributed by atoms with Gasteiger partial charge in [0, 0.05) is 0 Å². The molecule has 3 rings (SSSR count). The summed E-state index contributed by atoms with van der Waals surface area (Å²) in [6.45, 7) is 2.33. The van der Waals surface area contributed by atoms with Gasteiger partial charge < -0.3 is 0 Å². The van der Waals surface area contributed by atoms with Crippen molar-refractivity contribution in [3.8, 4) is 0 Å². The van der Waals surface area contributed by atoms with Crippen molar-refractivity contribution < 1.29 is 4.79 Å². The molecule has 2 fully saturated rings. The minimum atomic E-state index is -0.420. The summed E-state index contributed by atoms with van der Waals surface area (Å²) >= 11 is 5.36. The lowest BCUT2D eigenvalue weighted by molar-refractivity contribution is -0.107. The summed E-state index contributed by atoms with van der Waals surface area (Å²) in [4.78, 5) is 10.8. The molecule has 0 amide bonds. The lowest BCUT2D eigenvalue weighted by Crippen LogP contribution is -2.25. The van der Waals surface area contributed by atoms with Crippen LogP contribution in [0.5, 0.6) is 0 Å². The molecule has 0 aliphatic heterocycles. The van der Waals surface area contributed by atoms with Crippen molar-refractivity contribution in [3.63, 3.8) is 0 Å². The Morgan fingerprint density at radius 2 is 1.54 bits per heavy atom. The van der Waals surface area contributed by atoms with Crippen LogP contribution in [-0.4, -0.2) is 5.24 Å². The van der Waals surface area contributed by atoms with E-state index < -0.39 is 5.24 Å². The van der Waals surface area contributed by atoms with Crippen molar-refractivity contribution in [1.82, 2.24) is 0 Å². The minimum absolute atomic E-state index is 0.420. The van der Waals surface area contributed by atoms with Gasteiger partial charge >= 0.3 is 0 Å². The van der Waals surface area contributed by atoms with Crippen molar-refractivity contribution in [2.45, 2.75) is 77.0 Å². The molecule has 0 spiro atoms. The summed E-state index contributed by atoms with van der Waals surface area (Å²) in [5.41, 5.74) is 2.50. The lowest BCUT2D eigenvalue weighted by Gasteiger charge is -2.38. The van der Waals surface area contributed by atoms with Crippen LogP contribution in [0.1, 0.15) is 88.2 Å². The zero-order valence-corrected chi connectivity index (χ0v) is 16.9. The first-order valence-corrected chi connectivity index (χ1v) is 11.0. The first kappa shape index (κ1) is 19.7. The quantitative estimate of drug-likeness (QED) is 0.377. The molecule has 1 nitrogen and oxygen atoms in total. The molecule has 2 aliphatic rings. The smallest absolute Gasteiger partial charge is 0.245 e. The zero-order chi connectivity index (χ0) is 18.4. The third-order valence-corrected chi connectivity index (χ3v) is 6.97. The fourth-order valence-electron chi connectivity index (χ4n) is 5.32. The van der Waals surface area contributed by atoms with Crippen LogP contribution in [0.3, 0.4) is 0 Å². The van der Waals surface area contributed by atoms with Crippen LogP contribution in [0.4, 0.5) is 0 Å². The van der Waals surface area contributed by atoms with Gasteiger partial charge in [0.05, 0.1) is 0 Å². The maximum atomic E-state index is 10.8. The molecule has 0 heterocycles. The topological polar surface area (TPSA) is 17.1 Å². The van der Waals surface area contributed by atoms with E-state index >= 15 is 0 Å². The van der Waals surface area contributed by atoms with E-state index in [1.54, 1.807) is 6.08 Å². The van der Waals surface area contributed by atoms with Crippen LogP contribution < -0.4 is 0 Å². The molecule has 0 N–H and O–H groups in total. The summed E-state index contributed by atoms with van der Waals surface area (Å²) in [7, 11) is 0. The molecule has 1 aromatic carbocycles. The molecule has 0 saturated heterocycles. The van der Waals surface area contributed by atoms with E-state index in [4.69, 9.17) is 11.6 Å². The molecule has 1 aromatic rings. The van der Waals surface area contributed by atoms with Gasteiger partial charge in [-0.3, -0.25) is 4.79 Å². The van der Waals surface area contributed by atoms with Crippen molar-refractivity contribution in [2.75, 3.05) is 0 Å². The van der Waals surface area contributed by atoms with Crippen LogP contribution in [-0.2, 0) is 4.79 Å². The Labute approximate surface area is 164 Å². The van der Waals surface area contributed by atoms with E-state index in [9.17, 15) is 4.79 Å². The summed E-state index contributed by atoms with van der Waals surface area (Å²) < 4.78 is 0. The lowest BCUT2D eigenvalue weighted by atomic mass is 9.68. The maximum absolute atomic E-state index is 10.8. The number of carbonyl (C=O) groups excluding carboxylic acids is 1. The van der Waals surface area contributed by atoms with Gasteiger partial charge in [0.15, 0.2) is 0 Å². The molecule has 2 saturated carbocycles. The highest BCUT2D eigenvalue weighted by molar-refractivity contribution is 6.66. The largest absolute Gasteiger partial charge is 0.276 e. The van der Waals surface area contributed by atoms with Gasteiger partial charge in [-0.2, -0.15) is 0 Å². The number of rotatable bonds is 6. The Bertz CT molecular complexity index is 587. The highest BCUT2D eigenvalue weighted by Crippen LogP contribution is 2.44. The van der Waals surface area contributed by atoms with Crippen molar-refractivity contribution in [1.29, 1.82) is 0 Å². The highest BCUT2D eigenvalue weighted by Gasteiger charge is 2.30. The average molecular weight is 373 g/mol. The molecule has 142 valence electrons. The van der Waals surface area contributed by atoms with Gasteiger partial charge in [-0.1, -0.05) is 62.9 Å². The van der Waals surface area contributed by atoms with E-state index in [2.05, 4.69) is 31.2 Å². The Morgan fingerprint density at radius 1 is 0.962 bits per heavy atom. The molecule has 26 heavy (non-hydrogen) atoms. The van der Waals surface area contributed by atoms with E-state index in [1.165, 1.54) is 75.8 Å². The SMILES string of the molecule is CCCC1CCC(C2CCC(c3ccc(/C=C/C(=O)Cl)cc3)CC2)CC1. The molecule has 0 aromatic heterocycles. The Balaban J connectivity index is 1.47. The van der Waals surface area contributed by atoms with Gasteiger partial charge in [-0.15, -0.1) is 0 Å². The van der Waals surface area contributed by atoms with E-state index in [0.717, 1.165) is 29.2 Å². The standard InChI is InChI=1S/C24H33ClO/c1-2-3-18-4-9-20(10-5-18)22-13-15-23(16-14-22)21-11-6-19(7-12-21)8-17-24(25)26/h6-8,11-12,17-18,20,22-23H,2-5,9-10,13-16H2,1H3/b17-8+. The summed E-state index contributed by atoms with van der Waals surface area (Å²) in [6, 6.07) is 8.68. The predicted octanol–water partition coefficient (Wildman–Crippen LogP) is 7.35. The third-order valence-electron chi connectivity index (χ3n) is 6.84. The Kier molecular flexibility index (Phi) is 7.37. The summed E-state index contributed by atoms with van der Waals surface area (Å²) in [6.07, 6.45) is 17.5. The molecule has 2 aliphatic carbocycles. The number of halogens is 1.